The van der Waals surface area contributed by atoms with Crippen molar-refractivity contribution in [1.82, 2.24) is 10.3 Å². The number of nitrogens with zero attached hydrogens (tertiary/aromatic N) is 1. The summed E-state index contributed by atoms with van der Waals surface area (Å²) in [6.45, 7) is 4.61. The van der Waals surface area contributed by atoms with Crippen molar-refractivity contribution < 1.29 is 19.1 Å². The van der Waals surface area contributed by atoms with E-state index in [0.29, 0.717) is 35.4 Å². The second-order valence-corrected chi connectivity index (χ2v) is 8.11. The van der Waals surface area contributed by atoms with Gasteiger partial charge in [0.1, 0.15) is 0 Å². The van der Waals surface area contributed by atoms with Gasteiger partial charge in [-0.15, -0.1) is 11.3 Å². The number of fused-ring (bicyclic) bond motifs is 1. The molecular formula is C23H23N3O4S. The van der Waals surface area contributed by atoms with Crippen LogP contribution in [-0.4, -0.2) is 30.0 Å². The fourth-order valence-corrected chi connectivity index (χ4v) is 3.98. The van der Waals surface area contributed by atoms with E-state index in [2.05, 4.69) is 15.6 Å². The Kier molecular flexibility index (Phi) is 6.18. The maximum absolute atomic E-state index is 12.7. The van der Waals surface area contributed by atoms with E-state index in [0.717, 1.165) is 23.2 Å². The maximum atomic E-state index is 12.7. The Balaban J connectivity index is 1.44. The molecule has 0 bridgehead atoms. The van der Waals surface area contributed by atoms with Gasteiger partial charge in [0.2, 0.25) is 5.91 Å². The number of hydrogen-bond acceptors (Lipinski definition) is 6. The van der Waals surface area contributed by atoms with Gasteiger partial charge in [-0.25, -0.2) is 4.98 Å². The van der Waals surface area contributed by atoms with Crippen LogP contribution in [0, 0.1) is 0 Å². The first-order chi connectivity index (χ1) is 15.0. The van der Waals surface area contributed by atoms with Crippen molar-refractivity contribution in [3.63, 3.8) is 0 Å². The van der Waals surface area contributed by atoms with Gasteiger partial charge < -0.3 is 14.8 Å². The number of hydrogen-bond donors (Lipinski definition) is 2. The largest absolute Gasteiger partial charge is 0.490 e. The molecule has 31 heavy (non-hydrogen) atoms. The Morgan fingerprint density at radius 3 is 2.55 bits per heavy atom. The number of amides is 2. The Labute approximate surface area is 184 Å². The first kappa shape index (κ1) is 20.9. The van der Waals surface area contributed by atoms with Crippen LogP contribution in [-0.2, 0) is 4.79 Å². The molecule has 4 rings (SSSR count). The standard InChI is InChI=1S/C23H23N3O4S/c1-14(24-15(2)27)16-4-6-17(7-5-16)19-13-31-23(25-19)26-22(28)18-8-9-20-21(12-18)30-11-3-10-29-20/h4-9,12-14H,3,10-11H2,1-2H3,(H,24,27)(H,25,26,28)/t14-/m0/s1. The van der Waals surface area contributed by atoms with Crippen LogP contribution in [0.2, 0.25) is 0 Å². The van der Waals surface area contributed by atoms with Crippen LogP contribution in [0.15, 0.2) is 47.8 Å². The number of carbonyl (C=O) groups excluding carboxylic acids is 2. The molecule has 0 saturated heterocycles. The fraction of sp³-hybridized carbons (Fsp3) is 0.261. The molecule has 0 aliphatic carbocycles. The van der Waals surface area contributed by atoms with Crippen molar-refractivity contribution in [2.24, 2.45) is 0 Å². The molecule has 0 unspecified atom stereocenters. The summed E-state index contributed by atoms with van der Waals surface area (Å²) in [5.74, 6) is 0.918. The zero-order valence-electron chi connectivity index (χ0n) is 17.3. The highest BCUT2D eigenvalue weighted by atomic mass is 32.1. The lowest BCUT2D eigenvalue weighted by Gasteiger charge is -2.13. The van der Waals surface area contributed by atoms with Crippen LogP contribution in [0.25, 0.3) is 11.3 Å². The van der Waals surface area contributed by atoms with Gasteiger partial charge in [-0.1, -0.05) is 24.3 Å². The number of aromatic nitrogens is 1. The molecule has 2 heterocycles. The Bertz CT molecular complexity index is 1090. The topological polar surface area (TPSA) is 89.6 Å². The van der Waals surface area contributed by atoms with E-state index < -0.39 is 0 Å². The Morgan fingerprint density at radius 1 is 1.06 bits per heavy atom. The molecule has 7 nitrogen and oxygen atoms in total. The molecule has 2 N–H and O–H groups in total. The summed E-state index contributed by atoms with van der Waals surface area (Å²) in [4.78, 5) is 28.4. The van der Waals surface area contributed by atoms with Gasteiger partial charge in [0.25, 0.3) is 5.91 Å². The summed E-state index contributed by atoms with van der Waals surface area (Å²) in [5.41, 5.74) is 3.21. The van der Waals surface area contributed by atoms with Gasteiger partial charge in [0.15, 0.2) is 16.6 Å². The number of anilines is 1. The van der Waals surface area contributed by atoms with Gasteiger partial charge >= 0.3 is 0 Å². The first-order valence-corrected chi connectivity index (χ1v) is 10.9. The van der Waals surface area contributed by atoms with Crippen LogP contribution in [0.1, 0.15) is 42.2 Å². The summed E-state index contributed by atoms with van der Waals surface area (Å²) >= 11 is 1.36. The second kappa shape index (κ2) is 9.18. The van der Waals surface area contributed by atoms with E-state index >= 15 is 0 Å². The summed E-state index contributed by atoms with van der Waals surface area (Å²) in [6, 6.07) is 12.9. The van der Waals surface area contributed by atoms with E-state index in [1.807, 2.05) is 36.6 Å². The SMILES string of the molecule is CC(=O)N[C@@H](C)c1ccc(-c2csc(NC(=O)c3ccc4c(c3)OCCCO4)n2)cc1. The zero-order chi connectivity index (χ0) is 21.8. The molecule has 1 aliphatic rings. The predicted octanol–water partition coefficient (Wildman–Crippen LogP) is 4.42. The highest BCUT2D eigenvalue weighted by Crippen LogP contribution is 2.31. The third-order valence-corrected chi connectivity index (χ3v) is 5.62. The third-order valence-electron chi connectivity index (χ3n) is 4.86. The van der Waals surface area contributed by atoms with Crippen LogP contribution < -0.4 is 20.1 Å². The number of benzene rings is 2. The van der Waals surface area contributed by atoms with Gasteiger partial charge in [0.05, 0.1) is 24.9 Å². The van der Waals surface area contributed by atoms with E-state index in [1.54, 1.807) is 18.2 Å². The molecule has 1 aromatic heterocycles. The summed E-state index contributed by atoms with van der Waals surface area (Å²) in [5, 5.41) is 8.13. The lowest BCUT2D eigenvalue weighted by Crippen LogP contribution is -2.23. The van der Waals surface area contributed by atoms with E-state index in [4.69, 9.17) is 9.47 Å². The van der Waals surface area contributed by atoms with E-state index in [-0.39, 0.29) is 17.9 Å². The minimum absolute atomic E-state index is 0.0628. The van der Waals surface area contributed by atoms with Crippen LogP contribution >= 0.6 is 11.3 Å². The molecule has 2 amide bonds. The first-order valence-electron chi connectivity index (χ1n) is 10.0. The van der Waals surface area contributed by atoms with Crippen LogP contribution in [0.4, 0.5) is 5.13 Å². The van der Waals surface area contributed by atoms with Crippen LogP contribution in [0.5, 0.6) is 11.5 Å². The molecule has 2 aromatic carbocycles. The Morgan fingerprint density at radius 2 is 1.81 bits per heavy atom. The molecule has 8 heteroatoms. The van der Waals surface area contributed by atoms with Crippen molar-refractivity contribution in [2.75, 3.05) is 18.5 Å². The summed E-state index contributed by atoms with van der Waals surface area (Å²) in [7, 11) is 0. The van der Waals surface area contributed by atoms with E-state index in [1.165, 1.54) is 18.3 Å². The second-order valence-electron chi connectivity index (χ2n) is 7.25. The molecule has 3 aromatic rings. The highest BCUT2D eigenvalue weighted by Gasteiger charge is 2.16. The fourth-order valence-electron chi connectivity index (χ4n) is 3.27. The molecule has 160 valence electrons. The molecule has 1 aliphatic heterocycles. The zero-order valence-corrected chi connectivity index (χ0v) is 18.1. The number of rotatable bonds is 5. The minimum Gasteiger partial charge on any atom is -0.490 e. The molecule has 0 radical (unpaired) electrons. The quantitative estimate of drug-likeness (QED) is 0.617. The van der Waals surface area contributed by atoms with Crippen LogP contribution in [0.3, 0.4) is 0 Å². The Hall–Kier alpha value is -3.39. The molecule has 0 fully saturated rings. The van der Waals surface area contributed by atoms with Gasteiger partial charge in [0, 0.05) is 29.9 Å². The van der Waals surface area contributed by atoms with Crippen molar-refractivity contribution in [1.29, 1.82) is 0 Å². The van der Waals surface area contributed by atoms with Gasteiger partial charge in [-0.05, 0) is 30.7 Å². The normalized spacial score (nSPS) is 13.7. The monoisotopic (exact) mass is 437 g/mol. The number of thiazole rings is 1. The highest BCUT2D eigenvalue weighted by molar-refractivity contribution is 7.14. The average molecular weight is 438 g/mol. The number of carbonyl (C=O) groups is 2. The van der Waals surface area contributed by atoms with Crippen molar-refractivity contribution in [2.45, 2.75) is 26.3 Å². The van der Waals surface area contributed by atoms with E-state index in [9.17, 15) is 9.59 Å². The molecular weight excluding hydrogens is 414 g/mol. The third kappa shape index (κ3) is 5.03. The van der Waals surface area contributed by atoms with Crippen molar-refractivity contribution >= 4 is 28.3 Å². The maximum Gasteiger partial charge on any atom is 0.257 e. The van der Waals surface area contributed by atoms with Gasteiger partial charge in [-0.3, -0.25) is 14.9 Å². The molecule has 0 saturated carbocycles. The summed E-state index contributed by atoms with van der Waals surface area (Å²) in [6.07, 6.45) is 0.811. The molecule has 0 spiro atoms. The van der Waals surface area contributed by atoms with Crippen molar-refractivity contribution in [3.05, 3.63) is 59.0 Å². The number of nitrogens with one attached hydrogen (secondary N) is 2. The lowest BCUT2D eigenvalue weighted by molar-refractivity contribution is -0.119. The van der Waals surface area contributed by atoms with Gasteiger partial charge in [-0.2, -0.15) is 0 Å². The smallest absolute Gasteiger partial charge is 0.257 e. The number of ether oxygens (including phenoxy) is 2. The summed E-state index contributed by atoms with van der Waals surface area (Å²) < 4.78 is 11.3. The minimum atomic E-state index is -0.254. The predicted molar refractivity (Wildman–Crippen MR) is 120 cm³/mol. The molecule has 1 atom stereocenters. The lowest BCUT2D eigenvalue weighted by atomic mass is 10.1. The average Bonchev–Trinajstić information content (AvgIpc) is 3.09. The van der Waals surface area contributed by atoms with Crippen molar-refractivity contribution in [3.8, 4) is 22.8 Å².